The van der Waals surface area contributed by atoms with Crippen LogP contribution in [0, 0.1) is 0 Å². The van der Waals surface area contributed by atoms with Crippen molar-refractivity contribution >= 4 is 22.9 Å². The van der Waals surface area contributed by atoms with Gasteiger partial charge in [0.25, 0.3) is 0 Å². The van der Waals surface area contributed by atoms with Crippen molar-refractivity contribution in [1.29, 1.82) is 0 Å². The molecule has 0 radical (unpaired) electrons. The molecule has 2 atom stereocenters. The summed E-state index contributed by atoms with van der Waals surface area (Å²) in [7, 11) is 0. The van der Waals surface area contributed by atoms with Crippen molar-refractivity contribution in [2.45, 2.75) is 11.6 Å². The average Bonchev–Trinajstić information content (AvgIpc) is 2.38. The van der Waals surface area contributed by atoms with E-state index in [-0.39, 0.29) is 0 Å². The van der Waals surface area contributed by atoms with Crippen molar-refractivity contribution in [3.8, 4) is 11.5 Å². The molecule has 2 unspecified atom stereocenters. The van der Waals surface area contributed by atoms with Gasteiger partial charge in [-0.25, -0.2) is 0 Å². The van der Waals surface area contributed by atoms with Gasteiger partial charge in [-0.15, -0.1) is 0 Å². The fourth-order valence-corrected chi connectivity index (χ4v) is 1.80. The Balaban J connectivity index is 2.13. The Hall–Kier alpha value is -1.46. The number of ether oxygens (including phenoxy) is 1. The third kappa shape index (κ3) is 4.09. The van der Waals surface area contributed by atoms with Crippen LogP contribution in [0.5, 0.6) is 11.5 Å². The van der Waals surface area contributed by atoms with Gasteiger partial charge in [-0.1, -0.05) is 0 Å². The van der Waals surface area contributed by atoms with Crippen molar-refractivity contribution in [3.05, 3.63) is 66.2 Å². The molecule has 2 aromatic rings. The molecule has 0 fully saturated rings. The van der Waals surface area contributed by atoms with E-state index in [1.165, 1.54) is 5.56 Å². The predicted molar refractivity (Wildman–Crippen MR) is 80.0 cm³/mol. The van der Waals surface area contributed by atoms with Crippen molar-refractivity contribution in [2.24, 2.45) is 0 Å². The van der Waals surface area contributed by atoms with Gasteiger partial charge in [0.1, 0.15) is 0 Å². The molecule has 2 rings (SSSR count). The zero-order valence-corrected chi connectivity index (χ0v) is 12.8. The summed E-state index contributed by atoms with van der Waals surface area (Å²) in [6.45, 7) is 2.20. The molecule has 0 spiro atoms. The third-order valence-electron chi connectivity index (χ3n) is 2.43. The van der Waals surface area contributed by atoms with Crippen LogP contribution in [-0.2, 0) is 0 Å². The van der Waals surface area contributed by atoms with Gasteiger partial charge >= 0.3 is 117 Å². The maximum atomic E-state index is 5.80. The first-order valence-corrected chi connectivity index (χ1v) is 7.41. The van der Waals surface area contributed by atoms with Crippen molar-refractivity contribution in [2.75, 3.05) is 0 Å². The van der Waals surface area contributed by atoms with E-state index in [9.17, 15) is 0 Å². The van der Waals surface area contributed by atoms with Gasteiger partial charge in [0, 0.05) is 0 Å². The minimum atomic E-state index is 0.621. The van der Waals surface area contributed by atoms with E-state index in [1.807, 2.05) is 42.5 Å². The van der Waals surface area contributed by atoms with Crippen LogP contribution >= 0.6 is 0 Å². The second-order valence-electron chi connectivity index (χ2n) is 4.21. The second kappa shape index (κ2) is 6.47. The number of hydrogen-bond acceptors (Lipinski definition) is 1. The van der Waals surface area contributed by atoms with Crippen LogP contribution < -0.4 is 4.74 Å². The maximum absolute atomic E-state index is 5.80. The molecular formula is C16H17AsO. The molecule has 2 heteroatoms. The summed E-state index contributed by atoms with van der Waals surface area (Å²) in [5.41, 5.74) is 1.17. The van der Waals surface area contributed by atoms with Gasteiger partial charge in [-0.3, -0.25) is 0 Å². The van der Waals surface area contributed by atoms with Crippen molar-refractivity contribution in [1.82, 2.24) is 0 Å². The molecule has 0 aliphatic rings. The molecule has 2 aromatic carbocycles. The topological polar surface area (TPSA) is 9.23 Å². The normalized spacial score (nSPS) is 12.6. The van der Waals surface area contributed by atoms with Gasteiger partial charge in [-0.05, 0) is 0 Å². The quantitative estimate of drug-likeness (QED) is 0.777. The molecular weight excluding hydrogens is 283 g/mol. The van der Waals surface area contributed by atoms with Crippen LogP contribution in [-0.4, -0.2) is 16.9 Å². The van der Waals surface area contributed by atoms with E-state index in [0.717, 1.165) is 11.5 Å². The molecule has 1 nitrogen and oxygen atoms in total. The van der Waals surface area contributed by atoms with E-state index in [2.05, 4.69) is 31.2 Å². The van der Waals surface area contributed by atoms with E-state index in [1.54, 1.807) is 16.9 Å². The monoisotopic (exact) mass is 300 g/mol. The fraction of sp³-hybridized carbons (Fsp3) is 0.125. The molecule has 0 bridgehead atoms. The summed E-state index contributed by atoms with van der Waals surface area (Å²) < 4.78 is 6.42. The average molecular weight is 300 g/mol. The van der Waals surface area contributed by atoms with Crippen molar-refractivity contribution < 1.29 is 4.74 Å². The standard InChI is InChI=1S/C16H17AsO/c1-13(17)10-11-14-6-5-9-16(12-14)18-15-7-3-2-4-8-15/h2-13H,17H2,1H3. The SMILES string of the molecule is CC([AsH2])C=Cc1cccc(Oc2ccccc2)c1. The molecule has 0 aromatic heterocycles. The zero-order valence-electron chi connectivity index (χ0n) is 10.4. The summed E-state index contributed by atoms with van der Waals surface area (Å²) in [6, 6.07) is 18.0. The summed E-state index contributed by atoms with van der Waals surface area (Å²) in [5, 5.41) is 0. The van der Waals surface area contributed by atoms with Crippen LogP contribution in [0.3, 0.4) is 0 Å². The van der Waals surface area contributed by atoms with E-state index >= 15 is 0 Å². The minimum absolute atomic E-state index is 0.621. The molecule has 0 saturated carbocycles. The molecule has 0 saturated heterocycles. The first kappa shape index (κ1) is 13.0. The molecule has 0 aliphatic carbocycles. The summed E-state index contributed by atoms with van der Waals surface area (Å²) >= 11 is 1.73. The number of rotatable bonds is 4. The summed E-state index contributed by atoms with van der Waals surface area (Å²) in [4.78, 5) is 0. The van der Waals surface area contributed by atoms with Gasteiger partial charge < -0.3 is 0 Å². The van der Waals surface area contributed by atoms with Crippen LogP contribution in [0.1, 0.15) is 12.5 Å². The van der Waals surface area contributed by atoms with Crippen LogP contribution in [0.4, 0.5) is 0 Å². The van der Waals surface area contributed by atoms with E-state index in [4.69, 9.17) is 4.74 Å². The van der Waals surface area contributed by atoms with Gasteiger partial charge in [0.15, 0.2) is 0 Å². The summed E-state index contributed by atoms with van der Waals surface area (Å²) in [6.07, 6.45) is 4.35. The molecule has 0 aliphatic heterocycles. The fourth-order valence-electron chi connectivity index (χ4n) is 1.57. The van der Waals surface area contributed by atoms with Crippen LogP contribution in [0.2, 0.25) is 4.71 Å². The van der Waals surface area contributed by atoms with Gasteiger partial charge in [0.05, 0.1) is 0 Å². The Morgan fingerprint density at radius 2 is 1.72 bits per heavy atom. The Morgan fingerprint density at radius 1 is 1.00 bits per heavy atom. The Bertz CT molecular complexity index is 518. The second-order valence-corrected chi connectivity index (χ2v) is 6.41. The number of hydrogen-bond donors (Lipinski definition) is 0. The molecule has 18 heavy (non-hydrogen) atoms. The van der Waals surface area contributed by atoms with Gasteiger partial charge in [0.2, 0.25) is 0 Å². The first-order valence-electron chi connectivity index (χ1n) is 6.01. The Morgan fingerprint density at radius 3 is 2.44 bits per heavy atom. The number of allylic oxidation sites excluding steroid dienone is 1. The Labute approximate surface area is 117 Å². The molecule has 0 amide bonds. The predicted octanol–water partition coefficient (Wildman–Crippen LogP) is 3.93. The molecule has 0 N–H and O–H groups in total. The summed E-state index contributed by atoms with van der Waals surface area (Å²) in [5.74, 6) is 1.74. The van der Waals surface area contributed by atoms with Crippen molar-refractivity contribution in [3.63, 3.8) is 0 Å². The first-order chi connectivity index (χ1) is 8.74. The molecule has 0 heterocycles. The van der Waals surface area contributed by atoms with E-state index < -0.39 is 0 Å². The number of para-hydroxylation sites is 1. The van der Waals surface area contributed by atoms with E-state index in [0.29, 0.717) is 4.71 Å². The zero-order chi connectivity index (χ0) is 12.8. The van der Waals surface area contributed by atoms with Gasteiger partial charge in [-0.2, -0.15) is 0 Å². The Kier molecular flexibility index (Phi) is 4.66. The number of benzene rings is 2. The van der Waals surface area contributed by atoms with Crippen LogP contribution in [0.25, 0.3) is 6.08 Å². The third-order valence-corrected chi connectivity index (χ3v) is 2.90. The molecule has 92 valence electrons. The van der Waals surface area contributed by atoms with Crippen LogP contribution in [0.15, 0.2) is 60.7 Å².